The van der Waals surface area contributed by atoms with Crippen LogP contribution in [-0.2, 0) is 12.7 Å². The van der Waals surface area contributed by atoms with Crippen LogP contribution in [0.25, 0.3) is 11.7 Å². The molecule has 0 radical (unpaired) electrons. The molecular weight excluding hydrogens is 327 g/mol. The summed E-state index contributed by atoms with van der Waals surface area (Å²) in [5.74, 6) is 0.00782. The standard InChI is InChI=1S/C15H10F3N3O3/c16-15(17,18)10-4-1-3-9(7-10)13(22)19-8-12-20-14(24-21-12)11-5-2-6-23-11/h1-7H,8H2,(H,19,22). The van der Waals surface area contributed by atoms with Crippen LogP contribution in [0.2, 0.25) is 0 Å². The van der Waals surface area contributed by atoms with Crippen molar-refractivity contribution in [2.45, 2.75) is 12.7 Å². The number of carbonyl (C=O) groups is 1. The predicted molar refractivity (Wildman–Crippen MR) is 74.6 cm³/mol. The van der Waals surface area contributed by atoms with Gasteiger partial charge in [-0.1, -0.05) is 11.2 Å². The van der Waals surface area contributed by atoms with Gasteiger partial charge < -0.3 is 14.3 Å². The van der Waals surface area contributed by atoms with Crippen molar-refractivity contribution in [3.63, 3.8) is 0 Å². The van der Waals surface area contributed by atoms with Gasteiger partial charge in [0, 0.05) is 5.56 Å². The van der Waals surface area contributed by atoms with E-state index in [4.69, 9.17) is 8.94 Å². The SMILES string of the molecule is O=C(NCc1noc(-c2ccco2)n1)c1cccc(C(F)(F)F)c1. The molecule has 1 N–H and O–H groups in total. The highest BCUT2D eigenvalue weighted by Crippen LogP contribution is 2.29. The van der Waals surface area contributed by atoms with E-state index in [-0.39, 0.29) is 23.8 Å². The zero-order valence-electron chi connectivity index (χ0n) is 12.0. The average Bonchev–Trinajstić information content (AvgIpc) is 3.23. The molecule has 0 aliphatic heterocycles. The fraction of sp³-hybridized carbons (Fsp3) is 0.133. The minimum Gasteiger partial charge on any atom is -0.459 e. The van der Waals surface area contributed by atoms with E-state index in [1.54, 1.807) is 12.1 Å². The Morgan fingerprint density at radius 1 is 1.21 bits per heavy atom. The molecule has 3 aromatic rings. The number of carbonyl (C=O) groups excluding carboxylic acids is 1. The Labute approximate surface area is 133 Å². The van der Waals surface area contributed by atoms with Gasteiger partial charge in [-0.05, 0) is 30.3 Å². The summed E-state index contributed by atoms with van der Waals surface area (Å²) in [5.41, 5.74) is -1.01. The molecule has 0 fully saturated rings. The molecule has 2 aromatic heterocycles. The van der Waals surface area contributed by atoms with Crippen LogP contribution in [0.1, 0.15) is 21.7 Å². The van der Waals surface area contributed by atoms with E-state index < -0.39 is 17.6 Å². The largest absolute Gasteiger partial charge is 0.459 e. The lowest BCUT2D eigenvalue weighted by molar-refractivity contribution is -0.137. The van der Waals surface area contributed by atoms with Gasteiger partial charge >= 0.3 is 6.18 Å². The van der Waals surface area contributed by atoms with Gasteiger partial charge in [0.25, 0.3) is 11.8 Å². The number of nitrogens with one attached hydrogen (secondary N) is 1. The molecule has 0 aliphatic rings. The molecule has 0 saturated carbocycles. The van der Waals surface area contributed by atoms with Crippen molar-refractivity contribution in [3.8, 4) is 11.7 Å². The number of hydrogen-bond donors (Lipinski definition) is 1. The van der Waals surface area contributed by atoms with Gasteiger partial charge in [-0.3, -0.25) is 4.79 Å². The lowest BCUT2D eigenvalue weighted by atomic mass is 10.1. The van der Waals surface area contributed by atoms with Crippen LogP contribution in [0.3, 0.4) is 0 Å². The van der Waals surface area contributed by atoms with E-state index in [1.807, 2.05) is 0 Å². The number of hydrogen-bond acceptors (Lipinski definition) is 5. The molecule has 0 atom stereocenters. The fourth-order valence-corrected chi connectivity index (χ4v) is 1.92. The zero-order chi connectivity index (χ0) is 17.2. The highest BCUT2D eigenvalue weighted by atomic mass is 19.4. The van der Waals surface area contributed by atoms with E-state index in [2.05, 4.69) is 15.5 Å². The van der Waals surface area contributed by atoms with Gasteiger partial charge in [-0.25, -0.2) is 0 Å². The molecule has 1 amide bonds. The van der Waals surface area contributed by atoms with Crippen molar-refractivity contribution in [2.24, 2.45) is 0 Å². The first-order chi connectivity index (χ1) is 11.4. The third kappa shape index (κ3) is 3.45. The van der Waals surface area contributed by atoms with Crippen molar-refractivity contribution in [3.05, 3.63) is 59.6 Å². The normalized spacial score (nSPS) is 11.5. The number of nitrogens with zero attached hydrogens (tertiary/aromatic N) is 2. The number of halogens is 3. The molecule has 0 saturated heterocycles. The van der Waals surface area contributed by atoms with Crippen LogP contribution in [-0.4, -0.2) is 16.0 Å². The van der Waals surface area contributed by atoms with E-state index in [0.29, 0.717) is 5.76 Å². The van der Waals surface area contributed by atoms with E-state index in [1.165, 1.54) is 18.4 Å². The first-order valence-corrected chi connectivity index (χ1v) is 6.75. The molecule has 0 unspecified atom stereocenters. The zero-order valence-corrected chi connectivity index (χ0v) is 12.0. The van der Waals surface area contributed by atoms with Gasteiger partial charge in [-0.15, -0.1) is 0 Å². The fourth-order valence-electron chi connectivity index (χ4n) is 1.92. The summed E-state index contributed by atoms with van der Waals surface area (Å²) in [4.78, 5) is 16.0. The van der Waals surface area contributed by atoms with Crippen LogP contribution in [0, 0.1) is 0 Å². The molecule has 2 heterocycles. The van der Waals surface area contributed by atoms with Gasteiger partial charge in [-0.2, -0.15) is 18.2 Å². The van der Waals surface area contributed by atoms with Gasteiger partial charge in [0.15, 0.2) is 11.6 Å². The van der Waals surface area contributed by atoms with Crippen LogP contribution >= 0.6 is 0 Å². The Kier molecular flexibility index (Phi) is 4.07. The summed E-state index contributed by atoms with van der Waals surface area (Å²) >= 11 is 0. The van der Waals surface area contributed by atoms with Crippen LogP contribution in [0.5, 0.6) is 0 Å². The van der Waals surface area contributed by atoms with Gasteiger partial charge in [0.05, 0.1) is 18.4 Å². The number of furan rings is 1. The second kappa shape index (κ2) is 6.19. The van der Waals surface area contributed by atoms with Crippen LogP contribution < -0.4 is 5.32 Å². The maximum atomic E-state index is 12.6. The summed E-state index contributed by atoms with van der Waals surface area (Å²) in [5, 5.41) is 6.08. The minimum absolute atomic E-state index is 0.0979. The van der Waals surface area contributed by atoms with Crippen molar-refractivity contribution in [1.82, 2.24) is 15.5 Å². The molecule has 6 nitrogen and oxygen atoms in total. The molecule has 3 rings (SSSR count). The monoisotopic (exact) mass is 337 g/mol. The Morgan fingerprint density at radius 3 is 2.75 bits per heavy atom. The molecule has 124 valence electrons. The molecule has 9 heteroatoms. The number of alkyl halides is 3. The Balaban J connectivity index is 1.66. The molecular formula is C15H10F3N3O3. The molecule has 1 aromatic carbocycles. The molecule has 24 heavy (non-hydrogen) atoms. The predicted octanol–water partition coefficient (Wildman–Crippen LogP) is 3.28. The summed E-state index contributed by atoms with van der Waals surface area (Å²) in [7, 11) is 0. The molecule has 0 aliphatic carbocycles. The Hall–Kier alpha value is -3.10. The molecule has 0 spiro atoms. The van der Waals surface area contributed by atoms with Crippen LogP contribution in [0.15, 0.2) is 51.6 Å². The number of aromatic nitrogens is 2. The van der Waals surface area contributed by atoms with Gasteiger partial charge in [0.2, 0.25) is 0 Å². The maximum absolute atomic E-state index is 12.6. The second-order valence-electron chi connectivity index (χ2n) is 4.75. The number of amides is 1. The maximum Gasteiger partial charge on any atom is 0.416 e. The van der Waals surface area contributed by atoms with Crippen molar-refractivity contribution in [1.29, 1.82) is 0 Å². The third-order valence-corrected chi connectivity index (χ3v) is 3.06. The summed E-state index contributed by atoms with van der Waals surface area (Å²) in [6, 6.07) is 7.40. The lowest BCUT2D eigenvalue weighted by Crippen LogP contribution is -2.23. The quantitative estimate of drug-likeness (QED) is 0.790. The highest BCUT2D eigenvalue weighted by Gasteiger charge is 2.30. The molecule has 0 bridgehead atoms. The second-order valence-corrected chi connectivity index (χ2v) is 4.75. The Bertz CT molecular complexity index is 841. The van der Waals surface area contributed by atoms with Crippen molar-refractivity contribution in [2.75, 3.05) is 0 Å². The van der Waals surface area contributed by atoms with Crippen molar-refractivity contribution < 1.29 is 26.9 Å². The first kappa shape index (κ1) is 15.8. The summed E-state index contributed by atoms with van der Waals surface area (Å²) in [6.45, 7) is -0.0979. The van der Waals surface area contributed by atoms with E-state index in [9.17, 15) is 18.0 Å². The van der Waals surface area contributed by atoms with E-state index >= 15 is 0 Å². The number of rotatable bonds is 4. The summed E-state index contributed by atoms with van der Waals surface area (Å²) < 4.78 is 48.0. The first-order valence-electron chi connectivity index (χ1n) is 6.75. The van der Waals surface area contributed by atoms with Gasteiger partial charge in [0.1, 0.15) is 0 Å². The number of benzene rings is 1. The summed E-state index contributed by atoms with van der Waals surface area (Å²) in [6.07, 6.45) is -3.07. The van der Waals surface area contributed by atoms with Crippen LogP contribution in [0.4, 0.5) is 13.2 Å². The lowest BCUT2D eigenvalue weighted by Gasteiger charge is -2.08. The topological polar surface area (TPSA) is 81.2 Å². The highest BCUT2D eigenvalue weighted by molar-refractivity contribution is 5.94. The minimum atomic E-state index is -4.51. The Morgan fingerprint density at radius 2 is 2.04 bits per heavy atom. The van der Waals surface area contributed by atoms with E-state index in [0.717, 1.165) is 12.1 Å². The van der Waals surface area contributed by atoms with Crippen molar-refractivity contribution >= 4 is 5.91 Å². The third-order valence-electron chi connectivity index (χ3n) is 3.06. The smallest absolute Gasteiger partial charge is 0.416 e. The average molecular weight is 337 g/mol.